The van der Waals surface area contributed by atoms with Crippen molar-refractivity contribution in [1.82, 2.24) is 10.6 Å². The summed E-state index contributed by atoms with van der Waals surface area (Å²) >= 11 is 0. The molecule has 0 saturated heterocycles. The van der Waals surface area contributed by atoms with Crippen molar-refractivity contribution in [2.45, 2.75) is 65.5 Å². The molecule has 0 heterocycles. The maximum Gasteiger partial charge on any atom is 0.500 e. The molecule has 0 fully saturated rings. The molecule has 0 aliphatic heterocycles. The Labute approximate surface area is 173 Å². The minimum absolute atomic E-state index is 0.653. The quantitative estimate of drug-likeness (QED) is 0.262. The van der Waals surface area contributed by atoms with Gasteiger partial charge in [0.15, 0.2) is 0 Å². The standard InChI is InChI=1S/C22H42N2O3Si/c1-4-25-28(26-5-2,27-6-3)20-14-19-23-17-12-7-8-13-18-24-21-22-15-10-9-11-16-22/h9-11,15-16,23-24H,4-8,12-14,17-21H2,1-3H3. The Morgan fingerprint density at radius 1 is 0.679 bits per heavy atom. The molecule has 1 aromatic carbocycles. The summed E-state index contributed by atoms with van der Waals surface area (Å²) in [6, 6.07) is 11.5. The molecule has 162 valence electrons. The summed E-state index contributed by atoms with van der Waals surface area (Å²) in [5, 5.41) is 7.07. The molecule has 0 aromatic heterocycles. The van der Waals surface area contributed by atoms with Crippen LogP contribution in [0.15, 0.2) is 30.3 Å². The zero-order valence-electron chi connectivity index (χ0n) is 18.3. The van der Waals surface area contributed by atoms with E-state index in [0.717, 1.165) is 38.6 Å². The molecule has 5 nitrogen and oxygen atoms in total. The average Bonchev–Trinajstić information content (AvgIpc) is 2.70. The first-order valence-electron chi connectivity index (χ1n) is 11.1. The van der Waals surface area contributed by atoms with Crippen LogP contribution in [0, 0.1) is 0 Å². The van der Waals surface area contributed by atoms with Crippen LogP contribution >= 0.6 is 0 Å². The van der Waals surface area contributed by atoms with E-state index in [2.05, 4.69) is 41.0 Å². The van der Waals surface area contributed by atoms with Gasteiger partial charge in [0.2, 0.25) is 0 Å². The Bertz CT molecular complexity index is 445. The van der Waals surface area contributed by atoms with Crippen LogP contribution in [0.3, 0.4) is 0 Å². The van der Waals surface area contributed by atoms with E-state index < -0.39 is 8.80 Å². The fourth-order valence-electron chi connectivity index (χ4n) is 3.24. The Morgan fingerprint density at radius 2 is 1.21 bits per heavy atom. The van der Waals surface area contributed by atoms with E-state index in [4.69, 9.17) is 13.3 Å². The van der Waals surface area contributed by atoms with Gasteiger partial charge in [0, 0.05) is 32.4 Å². The number of hydrogen-bond acceptors (Lipinski definition) is 5. The lowest BCUT2D eigenvalue weighted by Crippen LogP contribution is -2.46. The molecule has 0 radical (unpaired) electrons. The summed E-state index contributed by atoms with van der Waals surface area (Å²) < 4.78 is 17.7. The second kappa shape index (κ2) is 17.1. The average molecular weight is 411 g/mol. The fourth-order valence-corrected chi connectivity index (χ4v) is 5.85. The lowest BCUT2D eigenvalue weighted by Gasteiger charge is -2.28. The topological polar surface area (TPSA) is 51.8 Å². The van der Waals surface area contributed by atoms with Gasteiger partial charge in [-0.25, -0.2) is 0 Å². The van der Waals surface area contributed by atoms with Crippen LogP contribution in [-0.2, 0) is 19.8 Å². The van der Waals surface area contributed by atoms with Gasteiger partial charge in [0.05, 0.1) is 0 Å². The Kier molecular flexibility index (Phi) is 15.5. The molecule has 0 aliphatic carbocycles. The summed E-state index contributed by atoms with van der Waals surface area (Å²) in [6.45, 7) is 12.1. The lowest BCUT2D eigenvalue weighted by atomic mass is 10.2. The lowest BCUT2D eigenvalue weighted by molar-refractivity contribution is 0.0708. The smallest absolute Gasteiger partial charge is 0.374 e. The van der Waals surface area contributed by atoms with E-state index in [0.29, 0.717) is 19.8 Å². The fraction of sp³-hybridized carbons (Fsp3) is 0.727. The second-order valence-electron chi connectivity index (χ2n) is 6.91. The molecule has 6 heteroatoms. The molecule has 0 saturated carbocycles. The number of rotatable bonds is 19. The molecule has 2 N–H and O–H groups in total. The van der Waals surface area contributed by atoms with Gasteiger partial charge in [-0.2, -0.15) is 0 Å². The van der Waals surface area contributed by atoms with E-state index in [1.807, 2.05) is 20.8 Å². The van der Waals surface area contributed by atoms with Gasteiger partial charge in [0.25, 0.3) is 0 Å². The van der Waals surface area contributed by atoms with Gasteiger partial charge in [-0.15, -0.1) is 0 Å². The third-order valence-corrected chi connectivity index (χ3v) is 7.71. The molecule has 1 aromatic rings. The van der Waals surface area contributed by atoms with E-state index in [1.54, 1.807) is 0 Å². The summed E-state index contributed by atoms with van der Waals surface area (Å²) in [7, 11) is -2.46. The maximum absolute atomic E-state index is 5.89. The largest absolute Gasteiger partial charge is 0.500 e. The highest BCUT2D eigenvalue weighted by Crippen LogP contribution is 2.17. The normalized spacial score (nSPS) is 11.8. The van der Waals surface area contributed by atoms with Crippen LogP contribution in [0.4, 0.5) is 0 Å². The molecule has 0 atom stereocenters. The number of nitrogens with one attached hydrogen (secondary N) is 2. The van der Waals surface area contributed by atoms with Crippen molar-refractivity contribution in [3.63, 3.8) is 0 Å². The van der Waals surface area contributed by atoms with Gasteiger partial charge in [-0.1, -0.05) is 43.2 Å². The van der Waals surface area contributed by atoms with E-state index in [9.17, 15) is 0 Å². The zero-order valence-corrected chi connectivity index (χ0v) is 19.3. The summed E-state index contributed by atoms with van der Waals surface area (Å²) in [5.41, 5.74) is 1.36. The predicted molar refractivity (Wildman–Crippen MR) is 120 cm³/mol. The highest BCUT2D eigenvalue weighted by molar-refractivity contribution is 6.60. The first kappa shape index (κ1) is 25.3. The molecular formula is C22H42N2O3Si. The first-order valence-corrected chi connectivity index (χ1v) is 13.1. The third kappa shape index (κ3) is 11.9. The number of unbranched alkanes of at least 4 members (excludes halogenated alkanes) is 3. The minimum Gasteiger partial charge on any atom is -0.374 e. The summed E-state index contributed by atoms with van der Waals surface area (Å²) in [6.07, 6.45) is 6.10. The van der Waals surface area contributed by atoms with Gasteiger partial charge >= 0.3 is 8.80 Å². The van der Waals surface area contributed by atoms with Crippen molar-refractivity contribution >= 4 is 8.80 Å². The molecule has 0 unspecified atom stereocenters. The maximum atomic E-state index is 5.89. The molecule has 0 aliphatic rings. The predicted octanol–water partition coefficient (Wildman–Crippen LogP) is 4.36. The van der Waals surface area contributed by atoms with Gasteiger partial charge < -0.3 is 23.9 Å². The van der Waals surface area contributed by atoms with Gasteiger partial charge in [0.1, 0.15) is 0 Å². The van der Waals surface area contributed by atoms with Crippen molar-refractivity contribution in [2.75, 3.05) is 39.5 Å². The van der Waals surface area contributed by atoms with Crippen LogP contribution in [0.5, 0.6) is 0 Å². The van der Waals surface area contributed by atoms with Crippen LogP contribution in [0.2, 0.25) is 6.04 Å². The highest BCUT2D eigenvalue weighted by Gasteiger charge is 2.39. The van der Waals surface area contributed by atoms with Crippen LogP contribution < -0.4 is 10.6 Å². The van der Waals surface area contributed by atoms with E-state index >= 15 is 0 Å². The Morgan fingerprint density at radius 3 is 1.79 bits per heavy atom. The summed E-state index contributed by atoms with van der Waals surface area (Å²) in [4.78, 5) is 0. The minimum atomic E-state index is -2.46. The Hall–Kier alpha value is -0.763. The molecule has 0 spiro atoms. The van der Waals surface area contributed by atoms with Crippen molar-refractivity contribution in [1.29, 1.82) is 0 Å². The van der Waals surface area contributed by atoms with Crippen LogP contribution in [-0.4, -0.2) is 48.3 Å². The van der Waals surface area contributed by atoms with Crippen molar-refractivity contribution in [3.8, 4) is 0 Å². The Balaban J connectivity index is 1.96. The third-order valence-electron chi connectivity index (χ3n) is 4.56. The molecular weight excluding hydrogens is 368 g/mol. The van der Waals surface area contributed by atoms with Crippen molar-refractivity contribution in [2.24, 2.45) is 0 Å². The molecule has 28 heavy (non-hydrogen) atoms. The summed E-state index contributed by atoms with van der Waals surface area (Å²) in [5.74, 6) is 0. The monoisotopic (exact) mass is 410 g/mol. The first-order chi connectivity index (χ1) is 13.8. The molecule has 1 rings (SSSR count). The van der Waals surface area contributed by atoms with Crippen LogP contribution in [0.1, 0.15) is 58.4 Å². The van der Waals surface area contributed by atoms with Crippen molar-refractivity contribution in [3.05, 3.63) is 35.9 Å². The van der Waals surface area contributed by atoms with E-state index in [-0.39, 0.29) is 0 Å². The van der Waals surface area contributed by atoms with Gasteiger partial charge in [-0.05, 0) is 65.2 Å². The molecule has 0 amide bonds. The number of benzene rings is 1. The van der Waals surface area contributed by atoms with Crippen LogP contribution in [0.25, 0.3) is 0 Å². The highest BCUT2D eigenvalue weighted by atomic mass is 28.4. The zero-order chi connectivity index (χ0) is 20.3. The van der Waals surface area contributed by atoms with Crippen molar-refractivity contribution < 1.29 is 13.3 Å². The van der Waals surface area contributed by atoms with E-state index in [1.165, 1.54) is 31.2 Å². The second-order valence-corrected chi connectivity index (χ2v) is 9.64. The molecule has 0 bridgehead atoms. The van der Waals surface area contributed by atoms with Gasteiger partial charge in [-0.3, -0.25) is 0 Å². The number of hydrogen-bond donors (Lipinski definition) is 2. The SMILES string of the molecule is CCO[Si](CCCNCCCCCCNCc1ccccc1)(OCC)OCC.